The van der Waals surface area contributed by atoms with Crippen molar-refractivity contribution in [2.45, 2.75) is 46.1 Å². The highest BCUT2D eigenvalue weighted by atomic mass is 16.3. The molecule has 0 unspecified atom stereocenters. The molecule has 3 atom stereocenters. The van der Waals surface area contributed by atoms with Crippen molar-refractivity contribution in [2.75, 3.05) is 0 Å². The second-order valence-corrected chi connectivity index (χ2v) is 5.50. The Hall–Kier alpha value is -0.300. The maximum Gasteiger partial charge on any atom is 0.0610 e. The van der Waals surface area contributed by atoms with Crippen molar-refractivity contribution < 1.29 is 5.11 Å². The van der Waals surface area contributed by atoms with Gasteiger partial charge in [-0.25, -0.2) is 0 Å². The molecule has 0 heterocycles. The zero-order valence-corrected chi connectivity index (χ0v) is 8.88. The van der Waals surface area contributed by atoms with Gasteiger partial charge >= 0.3 is 0 Å². The Balaban J connectivity index is 2.27. The summed E-state index contributed by atoms with van der Waals surface area (Å²) in [5, 5.41) is 9.93. The Morgan fingerprint density at radius 3 is 2.85 bits per heavy atom. The molecule has 1 fully saturated rings. The Morgan fingerprint density at radius 2 is 2.15 bits per heavy atom. The Bertz CT molecular complexity index is 240. The summed E-state index contributed by atoms with van der Waals surface area (Å²) in [5.74, 6) is 1.16. The van der Waals surface area contributed by atoms with Gasteiger partial charge in [0.1, 0.15) is 0 Å². The first-order valence-electron chi connectivity index (χ1n) is 5.36. The van der Waals surface area contributed by atoms with E-state index >= 15 is 0 Å². The minimum Gasteiger partial charge on any atom is -0.392 e. The summed E-state index contributed by atoms with van der Waals surface area (Å²) in [6, 6.07) is 0. The summed E-state index contributed by atoms with van der Waals surface area (Å²) in [6.07, 6.45) is 5.71. The SMILES string of the molecule is CC1=C[C@@H]2[C@H](O)CC(C)(C)[C@@H]2CC1. The Labute approximate surface area is 80.8 Å². The van der Waals surface area contributed by atoms with Crippen molar-refractivity contribution in [3.8, 4) is 0 Å². The first-order valence-corrected chi connectivity index (χ1v) is 5.36. The van der Waals surface area contributed by atoms with Gasteiger partial charge in [0.05, 0.1) is 6.10 Å². The molecular formula is C12H20O. The molecule has 1 N–H and O–H groups in total. The van der Waals surface area contributed by atoms with Crippen LogP contribution >= 0.6 is 0 Å². The molecule has 2 aliphatic rings. The zero-order chi connectivity index (χ0) is 9.64. The van der Waals surface area contributed by atoms with Gasteiger partial charge in [0, 0.05) is 5.92 Å². The molecule has 0 radical (unpaired) electrons. The lowest BCUT2D eigenvalue weighted by Gasteiger charge is -2.32. The third-order valence-corrected chi connectivity index (χ3v) is 3.97. The highest BCUT2D eigenvalue weighted by Gasteiger charge is 2.47. The third-order valence-electron chi connectivity index (χ3n) is 3.97. The normalized spacial score (nSPS) is 42.8. The van der Waals surface area contributed by atoms with E-state index in [0.717, 1.165) is 6.42 Å². The predicted molar refractivity (Wildman–Crippen MR) is 54.4 cm³/mol. The summed E-state index contributed by atoms with van der Waals surface area (Å²) >= 11 is 0. The van der Waals surface area contributed by atoms with Gasteiger partial charge < -0.3 is 5.11 Å². The Kier molecular flexibility index (Phi) is 2.03. The van der Waals surface area contributed by atoms with E-state index in [-0.39, 0.29) is 6.10 Å². The molecule has 13 heavy (non-hydrogen) atoms. The van der Waals surface area contributed by atoms with Crippen LogP contribution < -0.4 is 0 Å². The number of rotatable bonds is 0. The quantitative estimate of drug-likeness (QED) is 0.568. The van der Waals surface area contributed by atoms with E-state index in [9.17, 15) is 5.11 Å². The molecule has 0 aromatic rings. The van der Waals surface area contributed by atoms with Crippen LogP contribution in [0.25, 0.3) is 0 Å². The lowest BCUT2D eigenvalue weighted by Crippen LogP contribution is -2.25. The second kappa shape index (κ2) is 2.84. The van der Waals surface area contributed by atoms with Crippen molar-refractivity contribution in [3.05, 3.63) is 11.6 Å². The molecule has 0 bridgehead atoms. The highest BCUT2D eigenvalue weighted by molar-refractivity contribution is 5.14. The molecule has 0 aliphatic heterocycles. The fourth-order valence-corrected chi connectivity index (χ4v) is 3.22. The lowest BCUT2D eigenvalue weighted by atomic mass is 9.72. The molecule has 0 aromatic heterocycles. The first-order chi connectivity index (χ1) is 6.00. The van der Waals surface area contributed by atoms with Crippen molar-refractivity contribution in [3.63, 3.8) is 0 Å². The third kappa shape index (κ3) is 1.43. The minimum absolute atomic E-state index is 0.0877. The molecule has 0 spiro atoms. The van der Waals surface area contributed by atoms with Gasteiger partial charge in [-0.15, -0.1) is 0 Å². The van der Waals surface area contributed by atoms with Crippen molar-refractivity contribution in [1.82, 2.24) is 0 Å². The van der Waals surface area contributed by atoms with Gasteiger partial charge in [0.15, 0.2) is 0 Å². The summed E-state index contributed by atoms with van der Waals surface area (Å²) in [6.45, 7) is 6.79. The largest absolute Gasteiger partial charge is 0.392 e. The van der Waals surface area contributed by atoms with Crippen LogP contribution in [0.5, 0.6) is 0 Å². The van der Waals surface area contributed by atoms with E-state index in [4.69, 9.17) is 0 Å². The highest BCUT2D eigenvalue weighted by Crippen LogP contribution is 2.51. The van der Waals surface area contributed by atoms with Gasteiger partial charge in [-0.05, 0) is 37.5 Å². The predicted octanol–water partition coefficient (Wildman–Crippen LogP) is 2.75. The van der Waals surface area contributed by atoms with E-state index in [1.54, 1.807) is 0 Å². The lowest BCUT2D eigenvalue weighted by molar-refractivity contribution is 0.137. The van der Waals surface area contributed by atoms with Gasteiger partial charge in [0.2, 0.25) is 0 Å². The summed E-state index contributed by atoms with van der Waals surface area (Å²) in [5.41, 5.74) is 1.82. The van der Waals surface area contributed by atoms with Crippen LogP contribution in [-0.4, -0.2) is 11.2 Å². The van der Waals surface area contributed by atoms with Crippen molar-refractivity contribution >= 4 is 0 Å². The molecule has 0 saturated heterocycles. The molecule has 74 valence electrons. The molecule has 1 nitrogen and oxygen atoms in total. The number of fused-ring (bicyclic) bond motifs is 1. The van der Waals surface area contributed by atoms with Gasteiger partial charge in [0.25, 0.3) is 0 Å². The van der Waals surface area contributed by atoms with Crippen LogP contribution in [-0.2, 0) is 0 Å². The molecule has 0 aromatic carbocycles. The van der Waals surface area contributed by atoms with Crippen LogP contribution in [0.3, 0.4) is 0 Å². The average Bonchev–Trinajstić information content (AvgIpc) is 2.22. The Morgan fingerprint density at radius 1 is 1.46 bits per heavy atom. The minimum atomic E-state index is -0.0877. The molecule has 2 aliphatic carbocycles. The van der Waals surface area contributed by atoms with E-state index in [2.05, 4.69) is 26.8 Å². The van der Waals surface area contributed by atoms with Crippen LogP contribution in [0.2, 0.25) is 0 Å². The summed E-state index contributed by atoms with van der Waals surface area (Å²) < 4.78 is 0. The fraction of sp³-hybridized carbons (Fsp3) is 0.833. The summed E-state index contributed by atoms with van der Waals surface area (Å²) in [7, 11) is 0. The maximum atomic E-state index is 9.93. The summed E-state index contributed by atoms with van der Waals surface area (Å²) in [4.78, 5) is 0. The van der Waals surface area contributed by atoms with Crippen LogP contribution in [0.1, 0.15) is 40.0 Å². The average molecular weight is 180 g/mol. The second-order valence-electron chi connectivity index (χ2n) is 5.50. The molecule has 2 rings (SSSR count). The van der Waals surface area contributed by atoms with Crippen molar-refractivity contribution in [1.29, 1.82) is 0 Å². The molecule has 1 heteroatoms. The molecular weight excluding hydrogens is 160 g/mol. The first kappa shape index (κ1) is 9.26. The van der Waals surface area contributed by atoms with Gasteiger partial charge in [-0.1, -0.05) is 25.5 Å². The standard InChI is InChI=1S/C12H20O/c1-8-4-5-10-9(6-8)11(13)7-12(10,2)3/h6,9-11,13H,4-5,7H2,1-3H3/t9-,10+,11+/m0/s1. The topological polar surface area (TPSA) is 20.2 Å². The fourth-order valence-electron chi connectivity index (χ4n) is 3.22. The zero-order valence-electron chi connectivity index (χ0n) is 8.88. The number of allylic oxidation sites excluding steroid dienone is 1. The van der Waals surface area contributed by atoms with E-state index in [1.807, 2.05) is 0 Å². The van der Waals surface area contributed by atoms with Crippen LogP contribution in [0.4, 0.5) is 0 Å². The van der Waals surface area contributed by atoms with Gasteiger partial charge in [-0.2, -0.15) is 0 Å². The molecule has 0 amide bonds. The maximum absolute atomic E-state index is 9.93. The number of aliphatic hydroxyl groups is 1. The number of aliphatic hydroxyl groups excluding tert-OH is 1. The van der Waals surface area contributed by atoms with E-state index in [1.165, 1.54) is 18.4 Å². The van der Waals surface area contributed by atoms with Gasteiger partial charge in [-0.3, -0.25) is 0 Å². The molecule has 1 saturated carbocycles. The van der Waals surface area contributed by atoms with Crippen LogP contribution in [0.15, 0.2) is 11.6 Å². The monoisotopic (exact) mass is 180 g/mol. The smallest absolute Gasteiger partial charge is 0.0610 e. The van der Waals surface area contributed by atoms with E-state index < -0.39 is 0 Å². The van der Waals surface area contributed by atoms with Crippen LogP contribution in [0, 0.1) is 17.3 Å². The van der Waals surface area contributed by atoms with E-state index in [0.29, 0.717) is 17.3 Å². The number of hydrogen-bond donors (Lipinski definition) is 1. The van der Waals surface area contributed by atoms with Crippen molar-refractivity contribution in [2.24, 2.45) is 17.3 Å². The number of hydrogen-bond acceptors (Lipinski definition) is 1.